The van der Waals surface area contributed by atoms with E-state index in [-0.39, 0.29) is 0 Å². The molecule has 1 aromatic rings. The van der Waals surface area contributed by atoms with Gasteiger partial charge in [0.1, 0.15) is 5.60 Å². The molecule has 0 fully saturated rings. The molecule has 3 nitrogen and oxygen atoms in total. The summed E-state index contributed by atoms with van der Waals surface area (Å²) in [5, 5.41) is 8.88. The van der Waals surface area contributed by atoms with Gasteiger partial charge in [0.25, 0.3) is 0 Å². The Labute approximate surface area is 146 Å². The summed E-state index contributed by atoms with van der Waals surface area (Å²) in [4.78, 5) is 10.8. The first-order chi connectivity index (χ1) is 9.36. The van der Waals surface area contributed by atoms with E-state index in [0.29, 0.717) is 0 Å². The van der Waals surface area contributed by atoms with Gasteiger partial charge in [0, 0.05) is 0 Å². The fraction of sp³-hybridized carbons (Fsp3) is 0.643. The highest BCUT2D eigenvalue weighted by Crippen LogP contribution is 2.32. The Morgan fingerprint density at radius 3 is 2.65 bits per heavy atom. The molecule has 0 aromatic carbocycles. The van der Waals surface area contributed by atoms with Crippen molar-refractivity contribution in [2.75, 3.05) is 0 Å². The van der Waals surface area contributed by atoms with Crippen LogP contribution in [-0.4, -0.2) is 16.9 Å². The standard InChI is InChI=1S/C14H20BrIO3S/c1-3-4-7-14(2,19-13(17)18)8-5-6-10-9-11(16)20-12(10)15/h9H,3-8H2,1-2H3,(H,17,18). The second kappa shape index (κ2) is 8.58. The van der Waals surface area contributed by atoms with Crippen molar-refractivity contribution in [3.63, 3.8) is 0 Å². The summed E-state index contributed by atoms with van der Waals surface area (Å²) in [5.74, 6) is 0. The molecule has 0 saturated heterocycles. The van der Waals surface area contributed by atoms with Crippen LogP contribution in [-0.2, 0) is 11.2 Å². The maximum absolute atomic E-state index is 10.8. The van der Waals surface area contributed by atoms with Crippen molar-refractivity contribution in [2.24, 2.45) is 0 Å². The Hall–Kier alpha value is 0.180. The van der Waals surface area contributed by atoms with Gasteiger partial charge < -0.3 is 9.84 Å². The summed E-state index contributed by atoms with van der Waals surface area (Å²) in [7, 11) is 0. The minimum atomic E-state index is -1.17. The molecule has 6 heteroatoms. The number of unbranched alkanes of at least 4 members (excludes halogenated alkanes) is 1. The van der Waals surface area contributed by atoms with Gasteiger partial charge >= 0.3 is 6.16 Å². The van der Waals surface area contributed by atoms with Crippen molar-refractivity contribution >= 4 is 56.0 Å². The highest BCUT2D eigenvalue weighted by Gasteiger charge is 2.27. The van der Waals surface area contributed by atoms with Crippen molar-refractivity contribution in [2.45, 2.75) is 58.0 Å². The van der Waals surface area contributed by atoms with Crippen LogP contribution < -0.4 is 0 Å². The summed E-state index contributed by atoms with van der Waals surface area (Å²) >= 11 is 7.61. The van der Waals surface area contributed by atoms with Gasteiger partial charge in [-0.1, -0.05) is 13.3 Å². The normalized spacial score (nSPS) is 14.0. The summed E-state index contributed by atoms with van der Waals surface area (Å²) in [6, 6.07) is 2.18. The summed E-state index contributed by atoms with van der Waals surface area (Å²) in [5.41, 5.74) is 0.741. The molecule has 0 aliphatic rings. The third-order valence-corrected chi connectivity index (χ3v) is 5.99. The largest absolute Gasteiger partial charge is 0.506 e. The molecule has 1 unspecified atom stereocenters. The van der Waals surface area contributed by atoms with Crippen LogP contribution >= 0.6 is 49.9 Å². The Morgan fingerprint density at radius 2 is 2.15 bits per heavy atom. The van der Waals surface area contributed by atoms with Crippen molar-refractivity contribution in [1.29, 1.82) is 0 Å². The summed E-state index contributed by atoms with van der Waals surface area (Å²) < 4.78 is 7.56. The van der Waals surface area contributed by atoms with E-state index < -0.39 is 11.8 Å². The van der Waals surface area contributed by atoms with Crippen molar-refractivity contribution in [3.8, 4) is 0 Å². The molecule has 1 aromatic heterocycles. The molecule has 1 rings (SSSR count). The molecule has 0 bridgehead atoms. The molecule has 0 amide bonds. The molecular weight excluding hydrogens is 455 g/mol. The van der Waals surface area contributed by atoms with Gasteiger partial charge in [-0.15, -0.1) is 11.3 Å². The second-order valence-corrected chi connectivity index (χ2v) is 9.39. The van der Waals surface area contributed by atoms with E-state index in [1.165, 1.54) is 12.2 Å². The van der Waals surface area contributed by atoms with Crippen molar-refractivity contribution in [3.05, 3.63) is 18.3 Å². The number of halogens is 2. The molecule has 114 valence electrons. The van der Waals surface area contributed by atoms with E-state index in [0.717, 1.165) is 38.5 Å². The lowest BCUT2D eigenvalue weighted by molar-refractivity contribution is -0.0200. The first-order valence-corrected chi connectivity index (χ1v) is 9.41. The van der Waals surface area contributed by atoms with Crippen molar-refractivity contribution < 1.29 is 14.6 Å². The lowest BCUT2D eigenvalue weighted by atomic mass is 9.92. The molecule has 0 radical (unpaired) electrons. The van der Waals surface area contributed by atoms with Gasteiger partial charge in [0.05, 0.1) is 6.67 Å². The first kappa shape index (κ1) is 18.2. The predicted molar refractivity (Wildman–Crippen MR) is 94.7 cm³/mol. The van der Waals surface area contributed by atoms with Crippen LogP contribution in [0, 0.1) is 2.88 Å². The molecule has 20 heavy (non-hydrogen) atoms. The lowest BCUT2D eigenvalue weighted by Gasteiger charge is -2.28. The Bertz CT molecular complexity index is 450. The van der Waals surface area contributed by atoms with E-state index >= 15 is 0 Å². The van der Waals surface area contributed by atoms with Gasteiger partial charge in [-0.25, -0.2) is 4.79 Å². The van der Waals surface area contributed by atoms with Crippen LogP contribution in [0.3, 0.4) is 0 Å². The number of thiophene rings is 1. The molecular formula is C14H20BrIO3S. The fourth-order valence-corrected chi connectivity index (χ4v) is 5.63. The quantitative estimate of drug-likeness (QED) is 0.366. The minimum absolute atomic E-state index is 0.558. The minimum Gasteiger partial charge on any atom is -0.450 e. The topological polar surface area (TPSA) is 46.5 Å². The smallest absolute Gasteiger partial charge is 0.450 e. The Balaban J connectivity index is 2.53. The lowest BCUT2D eigenvalue weighted by Crippen LogP contribution is -2.31. The molecule has 0 saturated carbocycles. The van der Waals surface area contributed by atoms with Crippen LogP contribution in [0.5, 0.6) is 0 Å². The number of hydrogen-bond donors (Lipinski definition) is 1. The molecule has 1 N–H and O–H groups in total. The monoisotopic (exact) mass is 474 g/mol. The van der Waals surface area contributed by atoms with E-state index in [4.69, 9.17) is 9.84 Å². The number of hydrogen-bond acceptors (Lipinski definition) is 3. The molecule has 1 heterocycles. The highest BCUT2D eigenvalue weighted by molar-refractivity contribution is 14.1. The Kier molecular flexibility index (Phi) is 7.82. The van der Waals surface area contributed by atoms with E-state index in [1.807, 2.05) is 6.92 Å². The summed E-state index contributed by atoms with van der Waals surface area (Å²) in [6.07, 6.45) is 4.30. The predicted octanol–water partition coefficient (Wildman–Crippen LogP) is 6.08. The van der Waals surface area contributed by atoms with Crippen LogP contribution in [0.15, 0.2) is 9.85 Å². The van der Waals surface area contributed by atoms with Gasteiger partial charge in [0.15, 0.2) is 0 Å². The average Bonchev–Trinajstić information content (AvgIpc) is 2.64. The van der Waals surface area contributed by atoms with Gasteiger partial charge in [0.2, 0.25) is 0 Å². The van der Waals surface area contributed by atoms with Crippen LogP contribution in [0.1, 0.15) is 51.5 Å². The molecule has 0 aliphatic carbocycles. The van der Waals surface area contributed by atoms with E-state index in [9.17, 15) is 4.79 Å². The van der Waals surface area contributed by atoms with E-state index in [1.54, 1.807) is 11.3 Å². The maximum atomic E-state index is 10.8. The molecule has 1 atom stereocenters. The van der Waals surface area contributed by atoms with Crippen LogP contribution in [0.25, 0.3) is 0 Å². The fourth-order valence-electron chi connectivity index (χ4n) is 2.19. The second-order valence-electron chi connectivity index (χ2n) is 5.12. The third kappa shape index (κ3) is 6.30. The third-order valence-electron chi connectivity index (χ3n) is 3.27. The zero-order valence-corrected chi connectivity index (χ0v) is 16.3. The Morgan fingerprint density at radius 1 is 1.50 bits per heavy atom. The zero-order valence-electron chi connectivity index (χ0n) is 11.7. The number of aryl methyl sites for hydroxylation is 1. The van der Waals surface area contributed by atoms with Crippen molar-refractivity contribution in [1.82, 2.24) is 0 Å². The number of carboxylic acid groups (broad SMARTS) is 1. The molecule has 0 spiro atoms. The number of carbonyl (C=O) groups is 1. The SMILES string of the molecule is CCCCC(C)(CCCc1cc(I)sc1Br)OC(=O)O. The highest BCUT2D eigenvalue weighted by atomic mass is 127. The van der Waals surface area contributed by atoms with Gasteiger partial charge in [-0.05, 0) is 89.2 Å². The molecule has 0 aliphatic heterocycles. The van der Waals surface area contributed by atoms with Gasteiger partial charge in [-0.3, -0.25) is 0 Å². The number of ether oxygens (including phenoxy) is 1. The zero-order chi connectivity index (χ0) is 15.2. The number of rotatable bonds is 8. The van der Waals surface area contributed by atoms with E-state index in [2.05, 4.69) is 51.5 Å². The first-order valence-electron chi connectivity index (χ1n) is 6.72. The average molecular weight is 475 g/mol. The van der Waals surface area contributed by atoms with Crippen LogP contribution in [0.4, 0.5) is 4.79 Å². The van der Waals surface area contributed by atoms with Crippen LogP contribution in [0.2, 0.25) is 0 Å². The maximum Gasteiger partial charge on any atom is 0.506 e. The van der Waals surface area contributed by atoms with Gasteiger partial charge in [-0.2, -0.15) is 0 Å². The summed E-state index contributed by atoms with van der Waals surface area (Å²) in [6.45, 7) is 4.01.